The van der Waals surface area contributed by atoms with E-state index in [9.17, 15) is 16.8 Å². The number of benzene rings is 2. The van der Waals surface area contributed by atoms with Gasteiger partial charge in [0.05, 0.1) is 26.0 Å². The van der Waals surface area contributed by atoms with E-state index in [1.165, 1.54) is 36.7 Å². The lowest BCUT2D eigenvalue weighted by molar-refractivity contribution is 0.363. The van der Waals surface area contributed by atoms with Gasteiger partial charge in [-0.25, -0.2) is 16.8 Å². The first-order valence-corrected chi connectivity index (χ1v) is 11.6. The number of ether oxygens (including phenoxy) is 2. The molecular weight excluding hydrogens is 402 g/mol. The molecule has 7 nitrogen and oxygen atoms in total. The summed E-state index contributed by atoms with van der Waals surface area (Å²) in [5, 5.41) is 1.06. The number of sulfone groups is 1. The van der Waals surface area contributed by atoms with Crippen LogP contribution < -0.4 is 9.47 Å². The summed E-state index contributed by atoms with van der Waals surface area (Å²) in [4.78, 5) is -0.0806. The maximum atomic E-state index is 13.5. The monoisotopic (exact) mass is 423 g/mol. The fourth-order valence-electron chi connectivity index (χ4n) is 2.99. The smallest absolute Gasteiger partial charge is 0.247 e. The molecule has 3 rings (SSSR count). The SMILES string of the molecule is COc1ccc(OC)c(S(=O)(=O)N(Cc2ccccc2)[C@@H]2C=CS(=O)(=O)C2)c1. The summed E-state index contributed by atoms with van der Waals surface area (Å²) in [6.45, 7) is 0.0219. The van der Waals surface area contributed by atoms with Gasteiger partial charge in [0.1, 0.15) is 16.4 Å². The highest BCUT2D eigenvalue weighted by Gasteiger charge is 2.37. The second-order valence-corrected chi connectivity index (χ2v) is 10.1. The molecule has 1 aliphatic rings. The summed E-state index contributed by atoms with van der Waals surface area (Å²) >= 11 is 0. The summed E-state index contributed by atoms with van der Waals surface area (Å²) < 4.78 is 62.5. The van der Waals surface area contributed by atoms with Crippen LogP contribution in [0.3, 0.4) is 0 Å². The minimum Gasteiger partial charge on any atom is -0.497 e. The average Bonchev–Trinajstić information content (AvgIpc) is 3.05. The zero-order chi connectivity index (χ0) is 20.4. The Morgan fingerprint density at radius 3 is 2.36 bits per heavy atom. The molecule has 2 aromatic carbocycles. The molecule has 2 aromatic rings. The van der Waals surface area contributed by atoms with E-state index in [0.717, 1.165) is 11.0 Å². The molecule has 150 valence electrons. The fraction of sp³-hybridized carbons (Fsp3) is 0.263. The third-order valence-electron chi connectivity index (χ3n) is 4.42. The summed E-state index contributed by atoms with van der Waals surface area (Å²) in [5.41, 5.74) is 0.741. The second-order valence-electron chi connectivity index (χ2n) is 6.28. The van der Waals surface area contributed by atoms with Crippen LogP contribution >= 0.6 is 0 Å². The van der Waals surface area contributed by atoms with Crippen LogP contribution in [0.15, 0.2) is 64.9 Å². The highest BCUT2D eigenvalue weighted by atomic mass is 32.2. The van der Waals surface area contributed by atoms with Crippen molar-refractivity contribution in [3.05, 3.63) is 65.6 Å². The number of hydrogen-bond acceptors (Lipinski definition) is 6. The van der Waals surface area contributed by atoms with Gasteiger partial charge in [-0.05, 0) is 17.7 Å². The predicted molar refractivity (Wildman–Crippen MR) is 105 cm³/mol. The molecule has 0 bridgehead atoms. The first-order chi connectivity index (χ1) is 13.3. The van der Waals surface area contributed by atoms with Crippen molar-refractivity contribution in [3.8, 4) is 11.5 Å². The molecular formula is C19H21NO6S2. The van der Waals surface area contributed by atoms with E-state index in [1.807, 2.05) is 6.07 Å². The van der Waals surface area contributed by atoms with Crippen LogP contribution in [-0.2, 0) is 26.4 Å². The van der Waals surface area contributed by atoms with Gasteiger partial charge < -0.3 is 9.47 Å². The molecule has 0 spiro atoms. The normalized spacial score (nSPS) is 18.3. The van der Waals surface area contributed by atoms with Crippen LogP contribution in [0.25, 0.3) is 0 Å². The van der Waals surface area contributed by atoms with E-state index in [4.69, 9.17) is 9.47 Å². The zero-order valence-corrected chi connectivity index (χ0v) is 17.1. The number of sulfonamides is 1. The molecule has 1 atom stereocenters. The summed E-state index contributed by atoms with van der Waals surface area (Å²) in [5.74, 6) is 0.211. The Kier molecular flexibility index (Phi) is 5.78. The van der Waals surface area contributed by atoms with Gasteiger partial charge in [0, 0.05) is 18.0 Å². The van der Waals surface area contributed by atoms with Crippen LogP contribution in [0, 0.1) is 0 Å². The Balaban J connectivity index is 2.10. The molecule has 0 unspecified atom stereocenters. The molecule has 0 aromatic heterocycles. The van der Waals surface area contributed by atoms with Gasteiger partial charge in [0.25, 0.3) is 0 Å². The van der Waals surface area contributed by atoms with Crippen LogP contribution in [0.4, 0.5) is 0 Å². The van der Waals surface area contributed by atoms with Crippen molar-refractivity contribution in [1.82, 2.24) is 4.31 Å². The van der Waals surface area contributed by atoms with E-state index >= 15 is 0 Å². The van der Waals surface area contributed by atoms with Crippen LogP contribution in [0.1, 0.15) is 5.56 Å². The van der Waals surface area contributed by atoms with Gasteiger partial charge >= 0.3 is 0 Å². The predicted octanol–water partition coefficient (Wildman–Crippen LogP) is 2.21. The van der Waals surface area contributed by atoms with Gasteiger partial charge in [-0.15, -0.1) is 0 Å². The maximum Gasteiger partial charge on any atom is 0.247 e. The van der Waals surface area contributed by atoms with Crippen molar-refractivity contribution >= 4 is 19.9 Å². The molecule has 9 heteroatoms. The third kappa shape index (κ3) is 4.21. The Morgan fingerprint density at radius 1 is 1.07 bits per heavy atom. The fourth-order valence-corrected chi connectivity index (χ4v) is 6.13. The molecule has 0 radical (unpaired) electrons. The van der Waals surface area contributed by atoms with Gasteiger partial charge in [-0.2, -0.15) is 4.31 Å². The summed E-state index contributed by atoms with van der Waals surface area (Å²) in [6, 6.07) is 12.7. The molecule has 28 heavy (non-hydrogen) atoms. The van der Waals surface area contributed by atoms with E-state index in [0.29, 0.717) is 5.75 Å². The van der Waals surface area contributed by atoms with Crippen molar-refractivity contribution in [1.29, 1.82) is 0 Å². The topological polar surface area (TPSA) is 90.0 Å². The van der Waals surface area contributed by atoms with Crippen molar-refractivity contribution in [3.63, 3.8) is 0 Å². The molecule has 1 aliphatic heterocycles. The van der Waals surface area contributed by atoms with Crippen molar-refractivity contribution in [2.75, 3.05) is 20.0 Å². The third-order valence-corrected chi connectivity index (χ3v) is 7.69. The van der Waals surface area contributed by atoms with Crippen LogP contribution in [0.5, 0.6) is 11.5 Å². The van der Waals surface area contributed by atoms with Gasteiger partial charge in [-0.1, -0.05) is 36.4 Å². The van der Waals surface area contributed by atoms with E-state index in [-0.39, 0.29) is 22.9 Å². The lowest BCUT2D eigenvalue weighted by Gasteiger charge is -2.27. The number of methoxy groups -OCH3 is 2. The summed E-state index contributed by atoms with van der Waals surface area (Å²) in [7, 11) is -4.73. The van der Waals surface area contributed by atoms with Gasteiger partial charge in [0.15, 0.2) is 9.84 Å². The largest absolute Gasteiger partial charge is 0.497 e. The minimum atomic E-state index is -4.10. The second kappa shape index (κ2) is 7.94. The van der Waals surface area contributed by atoms with Gasteiger partial charge in [-0.3, -0.25) is 0 Å². The van der Waals surface area contributed by atoms with Crippen molar-refractivity contribution in [2.24, 2.45) is 0 Å². The first kappa shape index (κ1) is 20.4. The molecule has 0 aliphatic carbocycles. The molecule has 0 fully saturated rings. The van der Waals surface area contributed by atoms with Crippen molar-refractivity contribution < 1.29 is 26.3 Å². The molecule has 0 N–H and O–H groups in total. The maximum absolute atomic E-state index is 13.5. The Hall–Kier alpha value is -2.36. The standard InChI is InChI=1S/C19H21NO6S2/c1-25-17-8-9-18(26-2)19(12-17)28(23,24)20(13-15-6-4-3-5-7-15)16-10-11-27(21,22)14-16/h3-12,16H,13-14H2,1-2H3/t16-/m1/s1. The molecule has 0 amide bonds. The lowest BCUT2D eigenvalue weighted by atomic mass is 10.2. The molecule has 0 saturated heterocycles. The van der Waals surface area contributed by atoms with E-state index < -0.39 is 25.9 Å². The first-order valence-electron chi connectivity index (χ1n) is 8.45. The van der Waals surface area contributed by atoms with E-state index in [1.54, 1.807) is 30.3 Å². The highest BCUT2D eigenvalue weighted by Crippen LogP contribution is 2.33. The summed E-state index contributed by atoms with van der Waals surface area (Å²) in [6.07, 6.45) is 1.41. The number of rotatable bonds is 7. The van der Waals surface area contributed by atoms with Gasteiger partial charge in [0.2, 0.25) is 10.0 Å². The zero-order valence-electron chi connectivity index (χ0n) is 15.5. The average molecular weight is 424 g/mol. The lowest BCUT2D eigenvalue weighted by Crippen LogP contribution is -2.40. The Morgan fingerprint density at radius 2 is 1.79 bits per heavy atom. The van der Waals surface area contributed by atoms with Crippen molar-refractivity contribution in [2.45, 2.75) is 17.5 Å². The molecule has 1 heterocycles. The van der Waals surface area contributed by atoms with Crippen LogP contribution in [0.2, 0.25) is 0 Å². The molecule has 0 saturated carbocycles. The van der Waals surface area contributed by atoms with E-state index in [2.05, 4.69) is 0 Å². The quantitative estimate of drug-likeness (QED) is 0.678. The Labute approximate surface area is 165 Å². The van der Waals surface area contributed by atoms with Crippen LogP contribution in [-0.4, -0.2) is 47.2 Å². The highest BCUT2D eigenvalue weighted by molar-refractivity contribution is 7.94. The number of nitrogens with zero attached hydrogens (tertiary/aromatic N) is 1. The minimum absolute atomic E-state index is 0.0219. The number of hydrogen-bond donors (Lipinski definition) is 0. The Bertz CT molecular complexity index is 1080.